The molecule has 6 heteroatoms. The van der Waals surface area contributed by atoms with Crippen LogP contribution in [-0.2, 0) is 6.61 Å². The molecule has 1 atom stereocenters. The van der Waals surface area contributed by atoms with Crippen molar-refractivity contribution < 1.29 is 9.47 Å². The van der Waals surface area contributed by atoms with E-state index < -0.39 is 0 Å². The molecule has 168 valence electrons. The summed E-state index contributed by atoms with van der Waals surface area (Å²) in [6.45, 7) is 14.4. The second kappa shape index (κ2) is 12.4. The Balaban J connectivity index is 0.00000225. The second-order valence-corrected chi connectivity index (χ2v) is 8.47. The number of rotatable bonds is 7. The van der Waals surface area contributed by atoms with Gasteiger partial charge >= 0.3 is 0 Å². The van der Waals surface area contributed by atoms with E-state index in [0.717, 1.165) is 43.2 Å². The average Bonchev–Trinajstić information content (AvgIpc) is 2.68. The molecule has 1 saturated heterocycles. The number of benzene rings is 2. The van der Waals surface area contributed by atoms with Gasteiger partial charge < -0.3 is 14.8 Å². The molecule has 0 bridgehead atoms. The van der Waals surface area contributed by atoms with E-state index in [1.165, 1.54) is 5.56 Å². The highest BCUT2D eigenvalue weighted by Gasteiger charge is 2.33. The fourth-order valence-corrected chi connectivity index (χ4v) is 4.02. The van der Waals surface area contributed by atoms with Crippen molar-refractivity contribution in [3.05, 3.63) is 59.7 Å². The minimum Gasteiger partial charge on any atom is -0.490 e. The Bertz CT molecular complexity index is 745. The summed E-state index contributed by atoms with van der Waals surface area (Å²) in [6, 6.07) is 17.1. The topological polar surface area (TPSA) is 33.7 Å². The zero-order valence-corrected chi connectivity index (χ0v) is 20.2. The van der Waals surface area contributed by atoms with Crippen LogP contribution in [0.3, 0.4) is 0 Å². The molecule has 0 unspecified atom stereocenters. The number of nitrogens with zero attached hydrogens (tertiary/aromatic N) is 1. The summed E-state index contributed by atoms with van der Waals surface area (Å²) in [4.78, 5) is 2.59. The zero-order chi connectivity index (χ0) is 20.0. The van der Waals surface area contributed by atoms with Crippen LogP contribution in [0.4, 0.5) is 0 Å². The van der Waals surface area contributed by atoms with Crippen molar-refractivity contribution >= 4 is 24.8 Å². The third-order valence-corrected chi connectivity index (χ3v) is 5.16. The molecule has 1 N–H and O–H groups in total. The van der Waals surface area contributed by atoms with E-state index in [1.54, 1.807) is 0 Å². The Kier molecular flexibility index (Phi) is 11.0. The van der Waals surface area contributed by atoms with Gasteiger partial charge in [0.25, 0.3) is 0 Å². The van der Waals surface area contributed by atoms with Crippen LogP contribution in [0, 0.1) is 5.41 Å². The number of nitrogens with one attached hydrogen (secondary N) is 1. The average molecular weight is 455 g/mol. The predicted octanol–water partition coefficient (Wildman–Crippen LogP) is 5.50. The van der Waals surface area contributed by atoms with Crippen molar-refractivity contribution in [2.75, 3.05) is 32.8 Å². The Morgan fingerprint density at radius 2 is 1.60 bits per heavy atom. The molecule has 2 aromatic rings. The number of ether oxygens (including phenoxy) is 2. The molecule has 4 nitrogen and oxygen atoms in total. The van der Waals surface area contributed by atoms with E-state index in [2.05, 4.69) is 61.3 Å². The summed E-state index contributed by atoms with van der Waals surface area (Å²) in [7, 11) is 0. The second-order valence-electron chi connectivity index (χ2n) is 8.47. The molecule has 2 aromatic carbocycles. The molecule has 30 heavy (non-hydrogen) atoms. The van der Waals surface area contributed by atoms with Gasteiger partial charge in [0.15, 0.2) is 11.5 Å². The molecule has 0 aliphatic carbocycles. The first-order chi connectivity index (χ1) is 13.5. The highest BCUT2D eigenvalue weighted by atomic mass is 35.5. The van der Waals surface area contributed by atoms with Crippen LogP contribution in [0.25, 0.3) is 0 Å². The minimum absolute atomic E-state index is 0. The highest BCUT2D eigenvalue weighted by molar-refractivity contribution is 5.85. The van der Waals surface area contributed by atoms with Gasteiger partial charge in [-0.1, -0.05) is 57.2 Å². The van der Waals surface area contributed by atoms with E-state index in [9.17, 15) is 0 Å². The molecular formula is C24H36Cl2N2O2. The van der Waals surface area contributed by atoms with Gasteiger partial charge in [-0.2, -0.15) is 0 Å². The Morgan fingerprint density at radius 1 is 0.933 bits per heavy atom. The van der Waals surface area contributed by atoms with Crippen LogP contribution in [0.1, 0.15) is 44.9 Å². The van der Waals surface area contributed by atoms with Crippen molar-refractivity contribution in [2.45, 2.75) is 40.3 Å². The van der Waals surface area contributed by atoms with Gasteiger partial charge in [0.1, 0.15) is 6.61 Å². The van der Waals surface area contributed by atoms with Gasteiger partial charge in [-0.15, -0.1) is 24.8 Å². The molecule has 1 aliphatic rings. The maximum absolute atomic E-state index is 6.09. The van der Waals surface area contributed by atoms with Crippen LogP contribution in [0.2, 0.25) is 0 Å². The first-order valence-corrected chi connectivity index (χ1v) is 10.4. The lowest BCUT2D eigenvalue weighted by atomic mass is 9.81. The van der Waals surface area contributed by atoms with E-state index >= 15 is 0 Å². The zero-order valence-electron chi connectivity index (χ0n) is 18.5. The van der Waals surface area contributed by atoms with Crippen molar-refractivity contribution in [1.29, 1.82) is 0 Å². The Hall–Kier alpha value is -1.46. The van der Waals surface area contributed by atoms with Gasteiger partial charge in [-0.3, -0.25) is 4.90 Å². The van der Waals surface area contributed by atoms with Crippen LogP contribution in [0.5, 0.6) is 11.5 Å². The smallest absolute Gasteiger partial charge is 0.161 e. The number of hydrogen-bond donors (Lipinski definition) is 1. The van der Waals surface area contributed by atoms with E-state index in [4.69, 9.17) is 9.47 Å². The molecular weight excluding hydrogens is 419 g/mol. The Morgan fingerprint density at radius 3 is 2.20 bits per heavy atom. The van der Waals surface area contributed by atoms with Gasteiger partial charge in [-0.05, 0) is 35.6 Å². The number of piperazine rings is 1. The van der Waals surface area contributed by atoms with Crippen molar-refractivity contribution in [1.82, 2.24) is 10.2 Å². The van der Waals surface area contributed by atoms with Crippen LogP contribution in [0.15, 0.2) is 48.5 Å². The molecule has 1 fully saturated rings. The maximum atomic E-state index is 6.09. The van der Waals surface area contributed by atoms with E-state index in [1.807, 2.05) is 25.1 Å². The lowest BCUT2D eigenvalue weighted by molar-refractivity contribution is 0.0859. The number of halogens is 2. The van der Waals surface area contributed by atoms with Gasteiger partial charge in [-0.25, -0.2) is 0 Å². The molecule has 0 radical (unpaired) electrons. The maximum Gasteiger partial charge on any atom is 0.161 e. The predicted molar refractivity (Wildman–Crippen MR) is 130 cm³/mol. The SMILES string of the molecule is CCOc1cc([C@H](N2CCNCC2)C(C)(C)C)ccc1OCc1ccccc1.Cl.Cl. The van der Waals surface area contributed by atoms with E-state index in [-0.39, 0.29) is 30.2 Å². The van der Waals surface area contributed by atoms with Crippen molar-refractivity contribution in [3.8, 4) is 11.5 Å². The lowest BCUT2D eigenvalue weighted by Crippen LogP contribution is -2.48. The quantitative estimate of drug-likeness (QED) is 0.598. The van der Waals surface area contributed by atoms with Gasteiger partial charge in [0, 0.05) is 32.2 Å². The minimum atomic E-state index is 0. The van der Waals surface area contributed by atoms with Gasteiger partial charge in [0.05, 0.1) is 6.61 Å². The van der Waals surface area contributed by atoms with Crippen LogP contribution in [-0.4, -0.2) is 37.7 Å². The van der Waals surface area contributed by atoms with Crippen LogP contribution >= 0.6 is 24.8 Å². The van der Waals surface area contributed by atoms with Crippen molar-refractivity contribution in [2.24, 2.45) is 5.41 Å². The monoisotopic (exact) mass is 454 g/mol. The van der Waals surface area contributed by atoms with Crippen molar-refractivity contribution in [3.63, 3.8) is 0 Å². The largest absolute Gasteiger partial charge is 0.490 e. The highest BCUT2D eigenvalue weighted by Crippen LogP contribution is 2.41. The normalized spacial score (nSPS) is 15.5. The molecule has 0 aromatic heterocycles. The summed E-state index contributed by atoms with van der Waals surface area (Å²) in [5.41, 5.74) is 2.58. The lowest BCUT2D eigenvalue weighted by Gasteiger charge is -2.42. The van der Waals surface area contributed by atoms with E-state index in [0.29, 0.717) is 19.3 Å². The molecule has 1 heterocycles. The molecule has 0 amide bonds. The first kappa shape index (κ1) is 26.6. The fourth-order valence-electron chi connectivity index (χ4n) is 4.02. The summed E-state index contributed by atoms with van der Waals surface area (Å²) in [5.74, 6) is 1.64. The fraction of sp³-hybridized carbons (Fsp3) is 0.500. The molecule has 1 aliphatic heterocycles. The Labute approximate surface area is 194 Å². The summed E-state index contributed by atoms with van der Waals surface area (Å²) in [6.07, 6.45) is 0. The molecule has 0 saturated carbocycles. The van der Waals surface area contributed by atoms with Gasteiger partial charge in [0.2, 0.25) is 0 Å². The summed E-state index contributed by atoms with van der Waals surface area (Å²) >= 11 is 0. The third-order valence-electron chi connectivity index (χ3n) is 5.16. The summed E-state index contributed by atoms with van der Waals surface area (Å²) in [5, 5.41) is 3.46. The standard InChI is InChI=1S/C24H34N2O2.2ClH/c1-5-27-22-17-20(23(24(2,3)4)26-15-13-25-14-16-26)11-12-21(22)28-18-19-9-7-6-8-10-19;;/h6-12,17,23,25H,5,13-16,18H2,1-4H3;2*1H/t23-;;/m0../s1. The summed E-state index contributed by atoms with van der Waals surface area (Å²) < 4.78 is 12.1. The first-order valence-electron chi connectivity index (χ1n) is 10.4. The number of hydrogen-bond acceptors (Lipinski definition) is 4. The molecule has 3 rings (SSSR count). The molecule has 0 spiro atoms. The third kappa shape index (κ3) is 7.05. The van der Waals surface area contributed by atoms with Crippen LogP contribution < -0.4 is 14.8 Å².